The van der Waals surface area contributed by atoms with Crippen LogP contribution >= 0.6 is 0 Å². The topological polar surface area (TPSA) is 50.8 Å². The molecule has 1 amide bonds. The predicted molar refractivity (Wildman–Crippen MR) is 105 cm³/mol. The first kappa shape index (κ1) is 18.1. The van der Waals surface area contributed by atoms with Gasteiger partial charge in [-0.25, -0.2) is 0 Å². The molecule has 0 aliphatic carbocycles. The second-order valence-corrected chi connectivity index (χ2v) is 6.60. The Morgan fingerprint density at radius 3 is 2.50 bits per heavy atom. The molecule has 5 nitrogen and oxygen atoms in total. The number of nitrogens with zero attached hydrogens (tertiary/aromatic N) is 1. The van der Waals surface area contributed by atoms with Crippen LogP contribution in [0.5, 0.6) is 11.5 Å². The molecule has 0 atom stereocenters. The summed E-state index contributed by atoms with van der Waals surface area (Å²) in [5.41, 5.74) is 4.06. The lowest BCUT2D eigenvalue weighted by Gasteiger charge is -2.20. The molecule has 138 valence electrons. The average Bonchev–Trinajstić information content (AvgIpc) is 3.16. The Balaban J connectivity index is 1.69. The minimum absolute atomic E-state index is 0.0788. The molecule has 2 aromatic rings. The van der Waals surface area contributed by atoms with Gasteiger partial charge < -0.3 is 19.7 Å². The number of nitrogens with one attached hydrogen (secondary N) is 1. The lowest BCUT2D eigenvalue weighted by molar-refractivity contribution is -0.115. The van der Waals surface area contributed by atoms with Gasteiger partial charge in [0.05, 0.1) is 20.6 Å². The Morgan fingerprint density at radius 1 is 1.08 bits per heavy atom. The molecule has 0 radical (unpaired) electrons. The number of hydrogen-bond donors (Lipinski definition) is 1. The highest BCUT2D eigenvalue weighted by molar-refractivity contribution is 5.93. The van der Waals surface area contributed by atoms with E-state index >= 15 is 0 Å². The van der Waals surface area contributed by atoms with Crippen LogP contribution in [0, 0.1) is 6.92 Å². The highest BCUT2D eigenvalue weighted by atomic mass is 16.5. The van der Waals surface area contributed by atoms with Gasteiger partial charge in [0, 0.05) is 30.0 Å². The van der Waals surface area contributed by atoms with Crippen LogP contribution < -0.4 is 19.7 Å². The van der Waals surface area contributed by atoms with Gasteiger partial charge in [-0.1, -0.05) is 0 Å². The van der Waals surface area contributed by atoms with Gasteiger partial charge in [0.25, 0.3) is 0 Å². The molecule has 1 aliphatic heterocycles. The van der Waals surface area contributed by atoms with Crippen molar-refractivity contribution in [1.82, 2.24) is 0 Å². The Labute approximate surface area is 154 Å². The summed E-state index contributed by atoms with van der Waals surface area (Å²) >= 11 is 0. The van der Waals surface area contributed by atoms with Gasteiger partial charge in [0.1, 0.15) is 11.5 Å². The zero-order valence-corrected chi connectivity index (χ0v) is 15.7. The van der Waals surface area contributed by atoms with Crippen LogP contribution in [0.15, 0.2) is 36.4 Å². The fourth-order valence-electron chi connectivity index (χ4n) is 3.44. The van der Waals surface area contributed by atoms with Crippen molar-refractivity contribution in [2.75, 3.05) is 37.5 Å². The van der Waals surface area contributed by atoms with Crippen LogP contribution in [-0.2, 0) is 11.2 Å². The Morgan fingerprint density at radius 2 is 1.85 bits per heavy atom. The van der Waals surface area contributed by atoms with E-state index in [0.29, 0.717) is 11.5 Å². The number of aryl methyl sites for hydroxylation is 1. The molecular weight excluding hydrogens is 328 g/mol. The number of hydrogen-bond acceptors (Lipinski definition) is 4. The summed E-state index contributed by atoms with van der Waals surface area (Å²) in [5, 5.41) is 2.98. The van der Waals surface area contributed by atoms with Gasteiger partial charge in [0.2, 0.25) is 5.91 Å². The Bertz CT molecular complexity index is 783. The van der Waals surface area contributed by atoms with Crippen molar-refractivity contribution in [3.8, 4) is 11.5 Å². The van der Waals surface area contributed by atoms with E-state index in [2.05, 4.69) is 23.2 Å². The van der Waals surface area contributed by atoms with E-state index in [-0.39, 0.29) is 12.3 Å². The smallest absolute Gasteiger partial charge is 0.228 e. The van der Waals surface area contributed by atoms with Crippen LogP contribution in [0.2, 0.25) is 0 Å². The van der Waals surface area contributed by atoms with Crippen molar-refractivity contribution < 1.29 is 14.3 Å². The zero-order chi connectivity index (χ0) is 18.5. The third kappa shape index (κ3) is 4.10. The molecule has 1 N–H and O–H groups in total. The first-order valence-electron chi connectivity index (χ1n) is 8.97. The molecule has 1 aliphatic rings. The maximum atomic E-state index is 12.5. The molecule has 0 aromatic heterocycles. The summed E-state index contributed by atoms with van der Waals surface area (Å²) in [4.78, 5) is 14.9. The minimum atomic E-state index is -0.0788. The first-order chi connectivity index (χ1) is 12.6. The number of ether oxygens (including phenoxy) is 2. The maximum Gasteiger partial charge on any atom is 0.228 e. The van der Waals surface area contributed by atoms with Gasteiger partial charge in [-0.15, -0.1) is 0 Å². The number of carbonyl (C=O) groups excluding carboxylic acids is 1. The van der Waals surface area contributed by atoms with E-state index in [1.54, 1.807) is 14.2 Å². The van der Waals surface area contributed by atoms with Crippen molar-refractivity contribution in [3.05, 3.63) is 47.5 Å². The number of anilines is 2. The second-order valence-electron chi connectivity index (χ2n) is 6.60. The molecule has 0 saturated carbocycles. The first-order valence-corrected chi connectivity index (χ1v) is 8.97. The Hall–Kier alpha value is -2.69. The van der Waals surface area contributed by atoms with Crippen LogP contribution in [0.3, 0.4) is 0 Å². The van der Waals surface area contributed by atoms with Crippen LogP contribution in [-0.4, -0.2) is 33.2 Å². The van der Waals surface area contributed by atoms with E-state index in [0.717, 1.165) is 24.3 Å². The van der Waals surface area contributed by atoms with Crippen molar-refractivity contribution >= 4 is 17.3 Å². The molecule has 1 fully saturated rings. The number of methoxy groups -OCH3 is 2. The summed E-state index contributed by atoms with van der Waals surface area (Å²) in [6.45, 7) is 4.32. The van der Waals surface area contributed by atoms with E-state index in [1.165, 1.54) is 24.1 Å². The lowest BCUT2D eigenvalue weighted by Crippen LogP contribution is -2.19. The zero-order valence-electron chi connectivity index (χ0n) is 15.7. The van der Waals surface area contributed by atoms with Gasteiger partial charge in [-0.3, -0.25) is 4.79 Å². The second kappa shape index (κ2) is 8.13. The quantitative estimate of drug-likeness (QED) is 0.857. The van der Waals surface area contributed by atoms with E-state index in [1.807, 2.05) is 30.3 Å². The summed E-state index contributed by atoms with van der Waals surface area (Å²) in [7, 11) is 3.21. The van der Waals surface area contributed by atoms with Gasteiger partial charge in [-0.05, 0) is 61.7 Å². The fraction of sp³-hybridized carbons (Fsp3) is 0.381. The predicted octanol–water partition coefficient (Wildman–Crippen LogP) is 3.79. The largest absolute Gasteiger partial charge is 0.497 e. The van der Waals surface area contributed by atoms with Crippen molar-refractivity contribution in [2.45, 2.75) is 26.2 Å². The van der Waals surface area contributed by atoms with Crippen molar-refractivity contribution in [1.29, 1.82) is 0 Å². The number of benzene rings is 2. The van der Waals surface area contributed by atoms with E-state index < -0.39 is 0 Å². The van der Waals surface area contributed by atoms with E-state index in [4.69, 9.17) is 9.47 Å². The third-order valence-corrected chi connectivity index (χ3v) is 4.77. The summed E-state index contributed by atoms with van der Waals surface area (Å²) in [5.74, 6) is 1.31. The number of carbonyl (C=O) groups is 1. The SMILES string of the molecule is COc1ccc(OC)c(CC(=O)Nc2ccc(N3CCCC3)c(C)c2)c1. The van der Waals surface area contributed by atoms with Gasteiger partial charge >= 0.3 is 0 Å². The molecule has 5 heteroatoms. The van der Waals surface area contributed by atoms with Crippen LogP contribution in [0.4, 0.5) is 11.4 Å². The molecule has 1 saturated heterocycles. The lowest BCUT2D eigenvalue weighted by atomic mass is 10.1. The monoisotopic (exact) mass is 354 g/mol. The molecule has 1 heterocycles. The normalized spacial score (nSPS) is 13.6. The standard InChI is InChI=1S/C21H26N2O3/c1-15-12-17(6-8-19(15)23-10-4-5-11-23)22-21(24)14-16-13-18(25-2)7-9-20(16)26-3/h6-9,12-13H,4-5,10-11,14H2,1-3H3,(H,22,24). The fourth-order valence-corrected chi connectivity index (χ4v) is 3.44. The molecule has 0 spiro atoms. The summed E-state index contributed by atoms with van der Waals surface area (Å²) in [6, 6.07) is 11.6. The van der Waals surface area contributed by atoms with Crippen LogP contribution in [0.1, 0.15) is 24.0 Å². The van der Waals surface area contributed by atoms with Crippen molar-refractivity contribution in [3.63, 3.8) is 0 Å². The molecular formula is C21H26N2O3. The highest BCUT2D eigenvalue weighted by Crippen LogP contribution is 2.28. The summed E-state index contributed by atoms with van der Waals surface area (Å²) < 4.78 is 10.6. The average molecular weight is 354 g/mol. The van der Waals surface area contributed by atoms with Gasteiger partial charge in [0.15, 0.2) is 0 Å². The Kier molecular flexibility index (Phi) is 5.66. The number of amides is 1. The van der Waals surface area contributed by atoms with Crippen LogP contribution in [0.25, 0.3) is 0 Å². The van der Waals surface area contributed by atoms with Crippen molar-refractivity contribution in [2.24, 2.45) is 0 Å². The summed E-state index contributed by atoms with van der Waals surface area (Å²) in [6.07, 6.45) is 2.73. The maximum absolute atomic E-state index is 12.5. The molecule has 0 unspecified atom stereocenters. The van der Waals surface area contributed by atoms with E-state index in [9.17, 15) is 4.79 Å². The minimum Gasteiger partial charge on any atom is -0.497 e. The number of rotatable bonds is 6. The molecule has 3 rings (SSSR count). The molecule has 26 heavy (non-hydrogen) atoms. The van der Waals surface area contributed by atoms with Gasteiger partial charge in [-0.2, -0.15) is 0 Å². The molecule has 0 bridgehead atoms. The highest BCUT2D eigenvalue weighted by Gasteiger charge is 2.15. The molecule has 2 aromatic carbocycles. The third-order valence-electron chi connectivity index (χ3n) is 4.77.